The predicted molar refractivity (Wildman–Crippen MR) is 71.3 cm³/mol. The smallest absolute Gasteiger partial charge is 0.404 e. The lowest BCUT2D eigenvalue weighted by molar-refractivity contribution is -0.274. The molecule has 106 valence electrons. The Morgan fingerprint density at radius 3 is 2.35 bits per heavy atom. The van der Waals surface area contributed by atoms with Crippen molar-refractivity contribution >= 4 is 11.4 Å². The van der Waals surface area contributed by atoms with Crippen LogP contribution >= 0.6 is 0 Å². The van der Waals surface area contributed by atoms with Crippen LogP contribution < -0.4 is 15.8 Å². The zero-order chi connectivity index (χ0) is 14.6. The maximum atomic E-state index is 12.3. The van der Waals surface area contributed by atoms with Gasteiger partial charge in [0.25, 0.3) is 0 Å². The highest BCUT2D eigenvalue weighted by atomic mass is 19.4. The number of rotatable bonds is 4. The molecular weight excluding hydrogens is 269 g/mol. The number of nitrogen functional groups attached to an aromatic ring is 1. The number of nitrogens with two attached hydrogens (primary N) is 1. The number of hydrogen-bond donors (Lipinski definition) is 2. The molecule has 6 heteroatoms. The molecule has 3 nitrogen and oxygen atoms in total. The van der Waals surface area contributed by atoms with Gasteiger partial charge in [-0.1, -0.05) is 30.3 Å². The van der Waals surface area contributed by atoms with Gasteiger partial charge in [0, 0.05) is 12.2 Å². The summed E-state index contributed by atoms with van der Waals surface area (Å²) < 4.78 is 40.8. The zero-order valence-electron chi connectivity index (χ0n) is 10.4. The Morgan fingerprint density at radius 1 is 1.00 bits per heavy atom. The number of halogens is 3. The molecule has 0 heterocycles. The molecule has 2 rings (SSSR count). The fourth-order valence-electron chi connectivity index (χ4n) is 1.71. The highest BCUT2D eigenvalue weighted by Crippen LogP contribution is 2.30. The lowest BCUT2D eigenvalue weighted by Gasteiger charge is -2.15. The van der Waals surface area contributed by atoms with Crippen LogP contribution in [0.25, 0.3) is 0 Å². The summed E-state index contributed by atoms with van der Waals surface area (Å²) in [5, 5.41) is 2.89. The van der Waals surface area contributed by atoms with E-state index in [2.05, 4.69) is 10.1 Å². The van der Waals surface area contributed by atoms with Gasteiger partial charge in [0.15, 0.2) is 5.75 Å². The van der Waals surface area contributed by atoms with E-state index in [-0.39, 0.29) is 11.4 Å². The minimum absolute atomic E-state index is 0.257. The molecule has 2 aromatic rings. The standard InChI is InChI=1S/C14H13F3N2O/c15-14(16,17)20-13-8-4-3-7-12(13)19-9-10-5-1-2-6-11(10)18/h1-8,19H,9,18H2. The summed E-state index contributed by atoms with van der Waals surface area (Å²) in [7, 11) is 0. The van der Waals surface area contributed by atoms with Crippen LogP contribution in [0.1, 0.15) is 5.56 Å². The lowest BCUT2D eigenvalue weighted by atomic mass is 10.2. The number of nitrogens with one attached hydrogen (secondary N) is 1. The van der Waals surface area contributed by atoms with Gasteiger partial charge in [-0.05, 0) is 23.8 Å². The number of ether oxygens (including phenoxy) is 1. The van der Waals surface area contributed by atoms with Gasteiger partial charge in [0.2, 0.25) is 0 Å². The summed E-state index contributed by atoms with van der Waals surface area (Å²) in [6.45, 7) is 0.310. The van der Waals surface area contributed by atoms with E-state index < -0.39 is 6.36 Å². The Kier molecular flexibility index (Phi) is 4.02. The highest BCUT2D eigenvalue weighted by molar-refractivity contribution is 5.57. The Morgan fingerprint density at radius 2 is 1.65 bits per heavy atom. The second-order valence-electron chi connectivity index (χ2n) is 4.10. The first-order chi connectivity index (χ1) is 9.46. The average Bonchev–Trinajstić information content (AvgIpc) is 2.37. The van der Waals surface area contributed by atoms with Gasteiger partial charge in [-0.3, -0.25) is 0 Å². The van der Waals surface area contributed by atoms with E-state index in [1.807, 2.05) is 6.07 Å². The lowest BCUT2D eigenvalue weighted by Crippen LogP contribution is -2.18. The number of para-hydroxylation sites is 3. The summed E-state index contributed by atoms with van der Waals surface area (Å²) >= 11 is 0. The van der Waals surface area contributed by atoms with E-state index in [9.17, 15) is 13.2 Å². The summed E-state index contributed by atoms with van der Waals surface area (Å²) in [5.41, 5.74) is 7.41. The normalized spacial score (nSPS) is 11.2. The van der Waals surface area contributed by atoms with Gasteiger partial charge in [0.05, 0.1) is 5.69 Å². The van der Waals surface area contributed by atoms with Crippen molar-refractivity contribution in [3.05, 3.63) is 54.1 Å². The van der Waals surface area contributed by atoms with E-state index in [4.69, 9.17) is 5.73 Å². The van der Waals surface area contributed by atoms with Gasteiger partial charge < -0.3 is 15.8 Å². The summed E-state index contributed by atoms with van der Waals surface area (Å²) in [4.78, 5) is 0. The van der Waals surface area contributed by atoms with Crippen molar-refractivity contribution < 1.29 is 17.9 Å². The van der Waals surface area contributed by atoms with Crippen LogP contribution in [0.4, 0.5) is 24.5 Å². The molecule has 0 amide bonds. The van der Waals surface area contributed by atoms with Crippen LogP contribution in [-0.2, 0) is 6.54 Å². The van der Waals surface area contributed by atoms with Gasteiger partial charge >= 0.3 is 6.36 Å². The summed E-state index contributed by atoms with van der Waals surface area (Å²) in [6.07, 6.45) is -4.72. The van der Waals surface area contributed by atoms with Gasteiger partial charge in [-0.2, -0.15) is 0 Å². The maximum absolute atomic E-state index is 12.3. The molecule has 0 bridgehead atoms. The van der Waals surface area contributed by atoms with Crippen LogP contribution in [0, 0.1) is 0 Å². The number of alkyl halides is 3. The quantitative estimate of drug-likeness (QED) is 0.839. The number of benzene rings is 2. The Balaban J connectivity index is 2.12. The van der Waals surface area contributed by atoms with Crippen LogP contribution in [0.5, 0.6) is 5.75 Å². The maximum Gasteiger partial charge on any atom is 0.573 e. The Bertz CT molecular complexity index is 585. The first kappa shape index (κ1) is 14.0. The van der Waals surface area contributed by atoms with Crippen molar-refractivity contribution in [3.63, 3.8) is 0 Å². The molecule has 0 unspecified atom stereocenters. The summed E-state index contributed by atoms with van der Waals surface area (Å²) in [5.74, 6) is -0.269. The minimum Gasteiger partial charge on any atom is -0.404 e. The van der Waals surface area contributed by atoms with Crippen molar-refractivity contribution in [2.45, 2.75) is 12.9 Å². The molecule has 2 aromatic carbocycles. The first-order valence-corrected chi connectivity index (χ1v) is 5.88. The summed E-state index contributed by atoms with van der Waals surface area (Å²) in [6, 6.07) is 13.0. The van der Waals surface area contributed by atoms with E-state index >= 15 is 0 Å². The molecule has 0 atom stereocenters. The molecule has 0 aliphatic carbocycles. The average molecular weight is 282 g/mol. The molecule has 0 radical (unpaired) electrons. The second-order valence-corrected chi connectivity index (χ2v) is 4.10. The monoisotopic (exact) mass is 282 g/mol. The molecule has 0 fully saturated rings. The van der Waals surface area contributed by atoms with Gasteiger partial charge in [-0.15, -0.1) is 13.2 Å². The molecule has 0 aliphatic rings. The molecule has 0 saturated heterocycles. The highest BCUT2D eigenvalue weighted by Gasteiger charge is 2.32. The van der Waals surface area contributed by atoms with Crippen LogP contribution in [0.15, 0.2) is 48.5 Å². The third-order valence-corrected chi connectivity index (χ3v) is 2.64. The molecule has 0 saturated carbocycles. The van der Waals surface area contributed by atoms with E-state index in [0.29, 0.717) is 12.2 Å². The third-order valence-electron chi connectivity index (χ3n) is 2.64. The molecule has 0 aliphatic heterocycles. The molecule has 0 spiro atoms. The van der Waals surface area contributed by atoms with Crippen molar-refractivity contribution in [2.24, 2.45) is 0 Å². The van der Waals surface area contributed by atoms with Crippen LogP contribution in [0.2, 0.25) is 0 Å². The van der Waals surface area contributed by atoms with Gasteiger partial charge in [0.1, 0.15) is 0 Å². The third kappa shape index (κ3) is 3.81. The molecular formula is C14H13F3N2O. The SMILES string of the molecule is Nc1ccccc1CNc1ccccc1OC(F)(F)F. The Hall–Kier alpha value is -2.37. The van der Waals surface area contributed by atoms with E-state index in [1.54, 1.807) is 24.3 Å². The van der Waals surface area contributed by atoms with Crippen molar-refractivity contribution in [3.8, 4) is 5.75 Å². The second kappa shape index (κ2) is 5.73. The molecule has 0 aromatic heterocycles. The fraction of sp³-hybridized carbons (Fsp3) is 0.143. The topological polar surface area (TPSA) is 47.3 Å². The minimum atomic E-state index is -4.72. The fourth-order valence-corrected chi connectivity index (χ4v) is 1.71. The molecule has 20 heavy (non-hydrogen) atoms. The predicted octanol–water partition coefficient (Wildman–Crippen LogP) is 3.78. The number of hydrogen-bond acceptors (Lipinski definition) is 3. The first-order valence-electron chi connectivity index (χ1n) is 5.88. The van der Waals surface area contributed by atoms with E-state index in [1.165, 1.54) is 18.2 Å². The Labute approximate surface area is 114 Å². The number of anilines is 2. The van der Waals surface area contributed by atoms with Crippen molar-refractivity contribution in [2.75, 3.05) is 11.1 Å². The largest absolute Gasteiger partial charge is 0.573 e. The zero-order valence-corrected chi connectivity index (χ0v) is 10.4. The van der Waals surface area contributed by atoms with Crippen molar-refractivity contribution in [1.82, 2.24) is 0 Å². The molecule has 3 N–H and O–H groups in total. The van der Waals surface area contributed by atoms with Gasteiger partial charge in [-0.25, -0.2) is 0 Å². The van der Waals surface area contributed by atoms with Crippen molar-refractivity contribution in [1.29, 1.82) is 0 Å². The van der Waals surface area contributed by atoms with Crippen LogP contribution in [0.3, 0.4) is 0 Å². The van der Waals surface area contributed by atoms with Crippen LogP contribution in [-0.4, -0.2) is 6.36 Å². The van der Waals surface area contributed by atoms with E-state index in [0.717, 1.165) is 5.56 Å².